The van der Waals surface area contributed by atoms with Crippen LogP contribution in [0.3, 0.4) is 0 Å². The fourth-order valence-electron chi connectivity index (χ4n) is 3.86. The minimum Gasteiger partial charge on any atom is -0.393 e. The first-order valence-corrected chi connectivity index (χ1v) is 9.77. The van der Waals surface area contributed by atoms with Gasteiger partial charge in [-0.05, 0) is 49.1 Å². The Balaban J connectivity index is 1.52. The Morgan fingerprint density at radius 3 is 2.86 bits per heavy atom. The van der Waals surface area contributed by atoms with Crippen molar-refractivity contribution in [3.8, 4) is 0 Å². The van der Waals surface area contributed by atoms with Crippen LogP contribution in [-0.2, 0) is 0 Å². The molecule has 0 aliphatic heterocycles. The largest absolute Gasteiger partial charge is 0.393 e. The second kappa shape index (κ2) is 8.13. The summed E-state index contributed by atoms with van der Waals surface area (Å²) in [6.45, 7) is 0. The molecule has 1 fully saturated rings. The Morgan fingerprint density at radius 2 is 2.03 bits per heavy atom. The molecule has 1 aliphatic carbocycles. The molecule has 150 valence electrons. The number of rotatable bonds is 5. The number of fused-ring (bicyclic) bond motifs is 1. The van der Waals surface area contributed by atoms with E-state index in [4.69, 9.17) is 0 Å². The van der Waals surface area contributed by atoms with Crippen LogP contribution in [0.5, 0.6) is 0 Å². The maximum absolute atomic E-state index is 14.3. The summed E-state index contributed by atoms with van der Waals surface area (Å²) in [5, 5.41) is 12.6. The van der Waals surface area contributed by atoms with E-state index in [9.17, 15) is 19.1 Å². The van der Waals surface area contributed by atoms with Crippen LogP contribution in [0.2, 0.25) is 0 Å². The van der Waals surface area contributed by atoms with Gasteiger partial charge in [-0.1, -0.05) is 18.9 Å². The minimum atomic E-state index is -0.624. The van der Waals surface area contributed by atoms with E-state index < -0.39 is 17.8 Å². The molecule has 3 aromatic rings. The molecular formula is C22H22FN3O3. The maximum atomic E-state index is 14.3. The first-order valence-electron chi connectivity index (χ1n) is 9.77. The van der Waals surface area contributed by atoms with Gasteiger partial charge in [-0.3, -0.25) is 14.0 Å². The van der Waals surface area contributed by atoms with Gasteiger partial charge in [0.2, 0.25) is 0 Å². The highest BCUT2D eigenvalue weighted by molar-refractivity contribution is 6.04. The molecule has 1 aromatic carbocycles. The van der Waals surface area contributed by atoms with Gasteiger partial charge in [-0.2, -0.15) is 0 Å². The van der Waals surface area contributed by atoms with Crippen LogP contribution in [0.4, 0.5) is 10.1 Å². The fraction of sp³-hybridized carbons (Fsp3) is 0.318. The Labute approximate surface area is 167 Å². The van der Waals surface area contributed by atoms with E-state index in [0.29, 0.717) is 17.6 Å². The average molecular weight is 395 g/mol. The molecule has 2 aromatic heterocycles. The lowest BCUT2D eigenvalue weighted by Gasteiger charge is -2.26. The molecule has 0 spiro atoms. The van der Waals surface area contributed by atoms with Crippen molar-refractivity contribution in [3.05, 3.63) is 65.9 Å². The van der Waals surface area contributed by atoms with E-state index in [1.807, 2.05) is 6.07 Å². The molecule has 7 heteroatoms. The number of nitrogens with zero attached hydrogens (tertiary/aromatic N) is 2. The minimum absolute atomic E-state index is 0.0593. The molecule has 2 atom stereocenters. The number of benzene rings is 1. The molecule has 0 bridgehead atoms. The van der Waals surface area contributed by atoms with Crippen LogP contribution in [-0.4, -0.2) is 32.3 Å². The molecule has 4 rings (SSSR count). The number of halogens is 1. The summed E-state index contributed by atoms with van der Waals surface area (Å²) >= 11 is 0. The number of pyridine rings is 1. The standard InChI is InChI=1S/C22H22FN3O3/c23-16-9-8-15(20(28)12-14-5-1-2-6-19(14)27)11-17(16)25-22(29)18-13-24-21-7-3-4-10-26(18)21/h3-4,7-11,13-14,19,27H,1-2,5-6,12H2,(H,25,29)/t14-,19-/m0/s1. The highest BCUT2D eigenvalue weighted by atomic mass is 19.1. The summed E-state index contributed by atoms with van der Waals surface area (Å²) in [6.07, 6.45) is 6.36. The van der Waals surface area contributed by atoms with Crippen molar-refractivity contribution >= 4 is 23.0 Å². The summed E-state index contributed by atoms with van der Waals surface area (Å²) in [7, 11) is 0. The highest BCUT2D eigenvalue weighted by Crippen LogP contribution is 2.29. The third-order valence-electron chi connectivity index (χ3n) is 5.50. The number of ketones is 1. The zero-order chi connectivity index (χ0) is 20.4. The van der Waals surface area contributed by atoms with Crippen molar-refractivity contribution in [1.29, 1.82) is 0 Å². The summed E-state index contributed by atoms with van der Waals surface area (Å²) < 4.78 is 15.9. The van der Waals surface area contributed by atoms with Crippen LogP contribution < -0.4 is 5.32 Å². The number of amides is 1. The highest BCUT2D eigenvalue weighted by Gasteiger charge is 2.26. The molecule has 0 saturated heterocycles. The molecule has 1 saturated carbocycles. The Morgan fingerprint density at radius 1 is 1.21 bits per heavy atom. The van der Waals surface area contributed by atoms with Gasteiger partial charge in [0.15, 0.2) is 5.78 Å². The molecule has 1 aliphatic rings. The Kier molecular flexibility index (Phi) is 5.40. The number of carbonyl (C=O) groups excluding carboxylic acids is 2. The molecular weight excluding hydrogens is 373 g/mol. The van der Waals surface area contributed by atoms with E-state index in [1.54, 1.807) is 22.7 Å². The van der Waals surface area contributed by atoms with Gasteiger partial charge in [-0.15, -0.1) is 0 Å². The van der Waals surface area contributed by atoms with Gasteiger partial charge in [0.1, 0.15) is 17.2 Å². The first kappa shape index (κ1) is 19.3. The molecule has 2 N–H and O–H groups in total. The quantitative estimate of drug-likeness (QED) is 0.643. The molecule has 2 heterocycles. The zero-order valence-electron chi connectivity index (χ0n) is 15.8. The van der Waals surface area contributed by atoms with Gasteiger partial charge in [0, 0.05) is 18.2 Å². The Hall–Kier alpha value is -3.06. The summed E-state index contributed by atoms with van der Waals surface area (Å²) in [4.78, 5) is 29.4. The van der Waals surface area contributed by atoms with E-state index in [1.165, 1.54) is 24.4 Å². The predicted molar refractivity (Wildman–Crippen MR) is 106 cm³/mol. The number of aromatic nitrogens is 2. The molecule has 6 nitrogen and oxygen atoms in total. The van der Waals surface area contributed by atoms with E-state index >= 15 is 0 Å². The summed E-state index contributed by atoms with van der Waals surface area (Å²) in [6, 6.07) is 9.28. The number of anilines is 1. The van der Waals surface area contributed by atoms with Crippen molar-refractivity contribution in [1.82, 2.24) is 9.38 Å². The molecule has 0 radical (unpaired) electrons. The number of nitrogens with one attached hydrogen (secondary N) is 1. The number of hydrogen-bond donors (Lipinski definition) is 2. The number of imidazole rings is 1. The number of carbonyl (C=O) groups is 2. The zero-order valence-corrected chi connectivity index (χ0v) is 15.8. The van der Waals surface area contributed by atoms with Crippen LogP contribution in [0.15, 0.2) is 48.8 Å². The third-order valence-corrected chi connectivity index (χ3v) is 5.50. The van der Waals surface area contributed by atoms with Gasteiger partial charge in [0.25, 0.3) is 5.91 Å². The molecule has 29 heavy (non-hydrogen) atoms. The monoisotopic (exact) mass is 395 g/mol. The van der Waals surface area contributed by atoms with Crippen LogP contribution in [0.1, 0.15) is 53.0 Å². The lowest BCUT2D eigenvalue weighted by molar-refractivity contribution is 0.0583. The number of hydrogen-bond acceptors (Lipinski definition) is 4. The SMILES string of the molecule is O=C(C[C@@H]1CCCC[C@@H]1O)c1ccc(F)c(NC(=O)c2cnc3ccccn23)c1. The van der Waals surface area contributed by atoms with E-state index in [2.05, 4.69) is 10.3 Å². The van der Waals surface area contributed by atoms with Crippen molar-refractivity contribution < 1.29 is 19.1 Å². The van der Waals surface area contributed by atoms with Crippen molar-refractivity contribution in [2.24, 2.45) is 5.92 Å². The van der Waals surface area contributed by atoms with Gasteiger partial charge in [0.05, 0.1) is 18.0 Å². The van der Waals surface area contributed by atoms with E-state index in [0.717, 1.165) is 19.3 Å². The van der Waals surface area contributed by atoms with Crippen molar-refractivity contribution in [2.45, 2.75) is 38.2 Å². The smallest absolute Gasteiger partial charge is 0.274 e. The predicted octanol–water partition coefficient (Wildman–Crippen LogP) is 3.85. The Bertz CT molecular complexity index is 1060. The van der Waals surface area contributed by atoms with Gasteiger partial charge >= 0.3 is 0 Å². The number of Topliss-reactive ketones (excluding diaryl/α,β-unsaturated/α-hetero) is 1. The maximum Gasteiger partial charge on any atom is 0.274 e. The van der Waals surface area contributed by atoms with Crippen molar-refractivity contribution in [2.75, 3.05) is 5.32 Å². The number of aliphatic hydroxyl groups is 1. The molecule has 1 amide bonds. The summed E-state index contributed by atoms with van der Waals surface area (Å²) in [5.41, 5.74) is 1.13. The lowest BCUT2D eigenvalue weighted by Crippen LogP contribution is -2.26. The lowest BCUT2D eigenvalue weighted by atomic mass is 9.82. The number of aliphatic hydroxyl groups excluding tert-OH is 1. The summed E-state index contributed by atoms with van der Waals surface area (Å²) in [5.74, 6) is -1.38. The normalized spacial score (nSPS) is 19.2. The van der Waals surface area contributed by atoms with Crippen molar-refractivity contribution in [3.63, 3.8) is 0 Å². The third kappa shape index (κ3) is 4.05. The molecule has 0 unspecified atom stereocenters. The second-order valence-corrected chi connectivity index (χ2v) is 7.46. The van der Waals surface area contributed by atoms with E-state index in [-0.39, 0.29) is 29.5 Å². The fourth-order valence-corrected chi connectivity index (χ4v) is 3.86. The topological polar surface area (TPSA) is 83.7 Å². The van der Waals surface area contributed by atoms with Crippen LogP contribution in [0.25, 0.3) is 5.65 Å². The second-order valence-electron chi connectivity index (χ2n) is 7.46. The van der Waals surface area contributed by atoms with Gasteiger partial charge in [-0.25, -0.2) is 9.37 Å². The van der Waals surface area contributed by atoms with Crippen LogP contribution >= 0.6 is 0 Å². The van der Waals surface area contributed by atoms with Crippen LogP contribution in [0, 0.1) is 11.7 Å². The first-order chi connectivity index (χ1) is 14.0. The van der Waals surface area contributed by atoms with Gasteiger partial charge < -0.3 is 10.4 Å². The average Bonchev–Trinajstić information content (AvgIpc) is 3.15.